The first-order chi connectivity index (χ1) is 6.16. The number of hydrogen-bond donors (Lipinski definition) is 2. The van der Waals surface area contributed by atoms with Crippen molar-refractivity contribution in [2.45, 2.75) is 13.1 Å². The molecule has 0 unspecified atom stereocenters. The summed E-state index contributed by atoms with van der Waals surface area (Å²) < 4.78 is 1.08. The van der Waals surface area contributed by atoms with Crippen LogP contribution < -0.4 is 5.73 Å². The van der Waals surface area contributed by atoms with Gasteiger partial charge in [0.15, 0.2) is 5.96 Å². The molecule has 0 spiro atoms. The zero-order valence-corrected chi connectivity index (χ0v) is 8.63. The van der Waals surface area contributed by atoms with Crippen LogP contribution in [0.25, 0.3) is 0 Å². The number of hydrogen-bond acceptors (Lipinski definition) is 1. The topological polar surface area (TPSA) is 53.1 Å². The largest absolute Gasteiger partial charge is 0.370 e. The van der Waals surface area contributed by atoms with Gasteiger partial charge in [-0.05, 0) is 23.3 Å². The van der Waals surface area contributed by atoms with E-state index in [0.717, 1.165) is 17.6 Å². The summed E-state index contributed by atoms with van der Waals surface area (Å²) in [6, 6.07) is 6.17. The van der Waals surface area contributed by atoms with Crippen molar-refractivity contribution in [1.29, 1.82) is 5.41 Å². The lowest BCUT2D eigenvalue weighted by Crippen LogP contribution is -2.31. The molecule has 13 heavy (non-hydrogen) atoms. The lowest BCUT2D eigenvalue weighted by atomic mass is 10.1. The second kappa shape index (κ2) is 3.03. The monoisotopic (exact) mass is 239 g/mol. The average Bonchev–Trinajstić information content (AvgIpc) is 2.46. The highest BCUT2D eigenvalue weighted by Crippen LogP contribution is 2.25. The first-order valence-electron chi connectivity index (χ1n) is 4.03. The molecule has 1 aliphatic rings. The van der Waals surface area contributed by atoms with Crippen LogP contribution >= 0.6 is 15.9 Å². The molecule has 1 aromatic rings. The first kappa shape index (κ1) is 8.56. The molecule has 0 aliphatic carbocycles. The SMILES string of the molecule is N=C(N)N1Cc2ccc(Br)cc2C1. The molecule has 3 N–H and O–H groups in total. The molecule has 0 fully saturated rings. The quantitative estimate of drug-likeness (QED) is 0.535. The Hall–Kier alpha value is -1.03. The van der Waals surface area contributed by atoms with Crippen LogP contribution in [-0.4, -0.2) is 10.9 Å². The van der Waals surface area contributed by atoms with Crippen molar-refractivity contribution in [2.24, 2.45) is 5.73 Å². The van der Waals surface area contributed by atoms with Gasteiger partial charge in [-0.2, -0.15) is 0 Å². The molecule has 0 radical (unpaired) electrons. The maximum absolute atomic E-state index is 7.31. The predicted octanol–water partition coefficient (Wildman–Crippen LogP) is 1.66. The lowest BCUT2D eigenvalue weighted by molar-refractivity contribution is 0.439. The lowest BCUT2D eigenvalue weighted by Gasteiger charge is -2.13. The molecule has 0 atom stereocenters. The molecular formula is C9H10BrN3. The number of rotatable bonds is 0. The minimum absolute atomic E-state index is 0.146. The van der Waals surface area contributed by atoms with Crippen molar-refractivity contribution >= 4 is 21.9 Å². The molecule has 0 saturated heterocycles. The zero-order chi connectivity index (χ0) is 9.42. The van der Waals surface area contributed by atoms with Crippen LogP contribution in [-0.2, 0) is 13.1 Å². The van der Waals surface area contributed by atoms with Gasteiger partial charge in [0.2, 0.25) is 0 Å². The highest BCUT2D eigenvalue weighted by atomic mass is 79.9. The molecule has 2 rings (SSSR count). The van der Waals surface area contributed by atoms with Crippen LogP contribution in [0.1, 0.15) is 11.1 Å². The van der Waals surface area contributed by atoms with E-state index < -0.39 is 0 Å². The van der Waals surface area contributed by atoms with Crippen molar-refractivity contribution in [3.05, 3.63) is 33.8 Å². The van der Waals surface area contributed by atoms with Gasteiger partial charge in [-0.3, -0.25) is 5.41 Å². The third-order valence-electron chi connectivity index (χ3n) is 2.23. The van der Waals surface area contributed by atoms with Crippen molar-refractivity contribution in [1.82, 2.24) is 4.90 Å². The number of nitrogens with two attached hydrogens (primary N) is 1. The van der Waals surface area contributed by atoms with E-state index in [4.69, 9.17) is 11.1 Å². The summed E-state index contributed by atoms with van der Waals surface area (Å²) in [6.07, 6.45) is 0. The predicted molar refractivity (Wildman–Crippen MR) is 55.3 cm³/mol. The molecule has 1 heterocycles. The average molecular weight is 240 g/mol. The summed E-state index contributed by atoms with van der Waals surface area (Å²) in [4.78, 5) is 1.84. The number of nitrogens with one attached hydrogen (secondary N) is 1. The molecule has 4 heteroatoms. The van der Waals surface area contributed by atoms with Gasteiger partial charge in [0.25, 0.3) is 0 Å². The third-order valence-corrected chi connectivity index (χ3v) is 2.72. The van der Waals surface area contributed by atoms with E-state index in [9.17, 15) is 0 Å². The Morgan fingerprint density at radius 3 is 2.77 bits per heavy atom. The number of halogens is 1. The van der Waals surface area contributed by atoms with Gasteiger partial charge in [0, 0.05) is 17.6 Å². The fourth-order valence-corrected chi connectivity index (χ4v) is 1.94. The minimum Gasteiger partial charge on any atom is -0.370 e. The van der Waals surface area contributed by atoms with E-state index in [1.807, 2.05) is 11.0 Å². The molecular weight excluding hydrogens is 230 g/mol. The molecule has 1 aliphatic heterocycles. The van der Waals surface area contributed by atoms with E-state index >= 15 is 0 Å². The van der Waals surface area contributed by atoms with E-state index in [0.29, 0.717) is 0 Å². The normalized spacial score (nSPS) is 14.4. The maximum atomic E-state index is 7.31. The second-order valence-electron chi connectivity index (χ2n) is 3.15. The van der Waals surface area contributed by atoms with Crippen LogP contribution in [0.4, 0.5) is 0 Å². The van der Waals surface area contributed by atoms with Gasteiger partial charge in [-0.1, -0.05) is 22.0 Å². The van der Waals surface area contributed by atoms with E-state index in [-0.39, 0.29) is 5.96 Å². The van der Waals surface area contributed by atoms with Crippen molar-refractivity contribution < 1.29 is 0 Å². The van der Waals surface area contributed by atoms with Gasteiger partial charge >= 0.3 is 0 Å². The first-order valence-corrected chi connectivity index (χ1v) is 4.82. The van der Waals surface area contributed by atoms with Gasteiger partial charge in [-0.25, -0.2) is 0 Å². The summed E-state index contributed by atoms with van der Waals surface area (Å²) >= 11 is 3.42. The van der Waals surface area contributed by atoms with Gasteiger partial charge < -0.3 is 10.6 Å². The second-order valence-corrected chi connectivity index (χ2v) is 4.07. The summed E-state index contributed by atoms with van der Waals surface area (Å²) in [6.45, 7) is 1.52. The third kappa shape index (κ3) is 1.54. The number of guanidine groups is 1. The summed E-state index contributed by atoms with van der Waals surface area (Å²) in [5.74, 6) is 0.146. The molecule has 0 saturated carbocycles. The van der Waals surface area contributed by atoms with Crippen LogP contribution in [0.3, 0.4) is 0 Å². The van der Waals surface area contributed by atoms with Gasteiger partial charge in [0.05, 0.1) is 0 Å². The molecule has 3 nitrogen and oxygen atoms in total. The standard InChI is InChI=1S/C9H10BrN3/c10-8-2-1-6-4-13(9(11)12)5-7(6)3-8/h1-3H,4-5H2,(H3,11,12). The highest BCUT2D eigenvalue weighted by Gasteiger charge is 2.19. The molecule has 1 aromatic carbocycles. The molecule has 0 amide bonds. The Kier molecular flexibility index (Phi) is 2.00. The molecule has 0 aromatic heterocycles. The minimum atomic E-state index is 0.146. The van der Waals surface area contributed by atoms with Crippen molar-refractivity contribution in [2.75, 3.05) is 0 Å². The Morgan fingerprint density at radius 2 is 2.08 bits per heavy atom. The van der Waals surface area contributed by atoms with Gasteiger partial charge in [-0.15, -0.1) is 0 Å². The number of fused-ring (bicyclic) bond motifs is 1. The van der Waals surface area contributed by atoms with Crippen LogP contribution in [0, 0.1) is 5.41 Å². The Bertz CT molecular complexity index is 362. The molecule has 68 valence electrons. The summed E-state index contributed by atoms with van der Waals surface area (Å²) in [7, 11) is 0. The number of nitrogens with zero attached hydrogens (tertiary/aromatic N) is 1. The van der Waals surface area contributed by atoms with Crippen molar-refractivity contribution in [3.63, 3.8) is 0 Å². The smallest absolute Gasteiger partial charge is 0.188 e. The Labute approximate surface area is 85.2 Å². The molecule has 0 bridgehead atoms. The fraction of sp³-hybridized carbons (Fsp3) is 0.222. The van der Waals surface area contributed by atoms with Crippen LogP contribution in [0.15, 0.2) is 22.7 Å². The summed E-state index contributed by atoms with van der Waals surface area (Å²) in [5, 5.41) is 7.31. The van der Waals surface area contributed by atoms with Gasteiger partial charge in [0.1, 0.15) is 0 Å². The Morgan fingerprint density at radius 1 is 1.38 bits per heavy atom. The van der Waals surface area contributed by atoms with Crippen LogP contribution in [0.2, 0.25) is 0 Å². The zero-order valence-electron chi connectivity index (χ0n) is 7.05. The van der Waals surface area contributed by atoms with E-state index in [2.05, 4.69) is 28.1 Å². The van der Waals surface area contributed by atoms with E-state index in [1.54, 1.807) is 0 Å². The van der Waals surface area contributed by atoms with Crippen LogP contribution in [0.5, 0.6) is 0 Å². The Balaban J connectivity index is 2.30. The van der Waals surface area contributed by atoms with Crippen molar-refractivity contribution in [3.8, 4) is 0 Å². The number of benzene rings is 1. The van der Waals surface area contributed by atoms with E-state index in [1.165, 1.54) is 11.1 Å². The maximum Gasteiger partial charge on any atom is 0.188 e. The summed E-state index contributed by atoms with van der Waals surface area (Å²) in [5.41, 5.74) is 7.93. The fourth-order valence-electron chi connectivity index (χ4n) is 1.53. The highest BCUT2D eigenvalue weighted by molar-refractivity contribution is 9.10.